The van der Waals surface area contributed by atoms with Gasteiger partial charge in [-0.3, -0.25) is 0 Å². The lowest BCUT2D eigenvalue weighted by atomic mass is 10.1. The minimum atomic E-state index is -0.756. The molecule has 2 heterocycles. The van der Waals surface area contributed by atoms with Gasteiger partial charge in [-0.1, -0.05) is 0 Å². The van der Waals surface area contributed by atoms with Crippen molar-refractivity contribution in [2.45, 2.75) is 25.3 Å². The van der Waals surface area contributed by atoms with Crippen molar-refractivity contribution >= 4 is 5.97 Å². The molecule has 64 valence electrons. The number of carboxylic acid groups (broad SMARTS) is 1. The first-order valence-electron chi connectivity index (χ1n) is 4.03. The Balaban J connectivity index is 2.37. The summed E-state index contributed by atoms with van der Waals surface area (Å²) in [7, 11) is 0. The van der Waals surface area contributed by atoms with Gasteiger partial charge in [-0.15, -0.1) is 0 Å². The van der Waals surface area contributed by atoms with E-state index in [4.69, 9.17) is 5.11 Å². The molecule has 0 bridgehead atoms. The van der Waals surface area contributed by atoms with Crippen LogP contribution < -0.4 is 0 Å². The van der Waals surface area contributed by atoms with Crippen LogP contribution in [0.5, 0.6) is 0 Å². The molecule has 4 nitrogen and oxygen atoms in total. The first kappa shape index (κ1) is 7.34. The average molecular weight is 166 g/mol. The molecule has 12 heavy (non-hydrogen) atoms. The second-order valence-electron chi connectivity index (χ2n) is 3.00. The summed E-state index contributed by atoms with van der Waals surface area (Å²) in [5.41, 5.74) is 0. The predicted molar refractivity (Wildman–Crippen MR) is 41.8 cm³/mol. The summed E-state index contributed by atoms with van der Waals surface area (Å²) in [6, 6.07) is -0.392. The molecular weight excluding hydrogens is 156 g/mol. The fraction of sp³-hybridized carbons (Fsp3) is 0.500. The Morgan fingerprint density at radius 2 is 2.58 bits per heavy atom. The largest absolute Gasteiger partial charge is 0.480 e. The quantitative estimate of drug-likeness (QED) is 0.672. The maximum absolute atomic E-state index is 10.8. The SMILES string of the molecule is O=C(O)C1CCCc2nccn21. The molecule has 1 aliphatic rings. The first-order chi connectivity index (χ1) is 5.79. The highest BCUT2D eigenvalue weighted by atomic mass is 16.4. The van der Waals surface area contributed by atoms with Crippen molar-refractivity contribution in [3.05, 3.63) is 18.2 Å². The second-order valence-corrected chi connectivity index (χ2v) is 3.00. The molecule has 0 spiro atoms. The number of aromatic nitrogens is 2. The van der Waals surface area contributed by atoms with Crippen LogP contribution in [0.3, 0.4) is 0 Å². The number of carboxylic acids is 1. The maximum Gasteiger partial charge on any atom is 0.326 e. The Bertz CT molecular complexity index is 306. The topological polar surface area (TPSA) is 55.1 Å². The molecule has 0 amide bonds. The molecule has 1 aromatic heterocycles. The van der Waals surface area contributed by atoms with Crippen LogP contribution in [0, 0.1) is 0 Å². The third-order valence-corrected chi connectivity index (χ3v) is 2.25. The lowest BCUT2D eigenvalue weighted by molar-refractivity contribution is -0.141. The number of imidazole rings is 1. The Morgan fingerprint density at radius 3 is 3.33 bits per heavy atom. The van der Waals surface area contributed by atoms with Gasteiger partial charge in [-0.25, -0.2) is 9.78 Å². The highest BCUT2D eigenvalue weighted by Crippen LogP contribution is 2.23. The monoisotopic (exact) mass is 166 g/mol. The maximum atomic E-state index is 10.8. The summed E-state index contributed by atoms with van der Waals surface area (Å²) in [5, 5.41) is 8.85. The van der Waals surface area contributed by atoms with Gasteiger partial charge >= 0.3 is 5.97 Å². The van der Waals surface area contributed by atoms with E-state index in [1.807, 2.05) is 0 Å². The Labute approximate surface area is 69.8 Å². The number of aryl methyl sites for hydroxylation is 1. The zero-order valence-electron chi connectivity index (χ0n) is 6.60. The molecule has 4 heteroatoms. The first-order valence-corrected chi connectivity index (χ1v) is 4.03. The number of aliphatic carboxylic acids is 1. The predicted octanol–water partition coefficient (Wildman–Crippen LogP) is 0.845. The normalized spacial score (nSPS) is 21.8. The lowest BCUT2D eigenvalue weighted by Gasteiger charge is -2.20. The fourth-order valence-electron chi connectivity index (χ4n) is 1.66. The van der Waals surface area contributed by atoms with Crippen LogP contribution in [-0.4, -0.2) is 20.6 Å². The van der Waals surface area contributed by atoms with Crippen molar-refractivity contribution in [3.8, 4) is 0 Å². The van der Waals surface area contributed by atoms with Crippen LogP contribution in [0.25, 0.3) is 0 Å². The molecule has 0 saturated carbocycles. The summed E-state index contributed by atoms with van der Waals surface area (Å²) in [5.74, 6) is 0.141. The molecule has 1 aromatic rings. The van der Waals surface area contributed by atoms with E-state index >= 15 is 0 Å². The minimum Gasteiger partial charge on any atom is -0.480 e. The van der Waals surface area contributed by atoms with E-state index in [0.717, 1.165) is 25.1 Å². The summed E-state index contributed by atoms with van der Waals surface area (Å²) in [4.78, 5) is 14.9. The third kappa shape index (κ3) is 0.995. The number of nitrogens with zero attached hydrogens (tertiary/aromatic N) is 2. The van der Waals surface area contributed by atoms with Crippen molar-refractivity contribution in [1.82, 2.24) is 9.55 Å². The molecule has 1 aliphatic heterocycles. The van der Waals surface area contributed by atoms with Gasteiger partial charge < -0.3 is 9.67 Å². The van der Waals surface area contributed by atoms with Crippen LogP contribution >= 0.6 is 0 Å². The number of hydrogen-bond donors (Lipinski definition) is 1. The van der Waals surface area contributed by atoms with Crippen molar-refractivity contribution in [2.75, 3.05) is 0 Å². The summed E-state index contributed by atoms with van der Waals surface area (Å²) in [6.07, 6.45) is 5.95. The summed E-state index contributed by atoms with van der Waals surface area (Å²) >= 11 is 0. The smallest absolute Gasteiger partial charge is 0.326 e. The molecule has 2 rings (SSSR count). The fourth-order valence-corrected chi connectivity index (χ4v) is 1.66. The Morgan fingerprint density at radius 1 is 1.75 bits per heavy atom. The van der Waals surface area contributed by atoms with Gasteiger partial charge in [0.15, 0.2) is 0 Å². The van der Waals surface area contributed by atoms with Gasteiger partial charge in [-0.05, 0) is 12.8 Å². The molecule has 1 N–H and O–H groups in total. The second kappa shape index (κ2) is 2.62. The van der Waals surface area contributed by atoms with E-state index in [9.17, 15) is 4.79 Å². The summed E-state index contributed by atoms with van der Waals surface area (Å²) in [6.45, 7) is 0. The highest BCUT2D eigenvalue weighted by Gasteiger charge is 2.25. The van der Waals surface area contributed by atoms with Crippen LogP contribution in [0.15, 0.2) is 12.4 Å². The van der Waals surface area contributed by atoms with Crippen LogP contribution in [0.2, 0.25) is 0 Å². The van der Waals surface area contributed by atoms with Gasteiger partial charge in [0.1, 0.15) is 11.9 Å². The van der Waals surface area contributed by atoms with Crippen molar-refractivity contribution in [2.24, 2.45) is 0 Å². The number of rotatable bonds is 1. The van der Waals surface area contributed by atoms with Crippen molar-refractivity contribution < 1.29 is 9.90 Å². The third-order valence-electron chi connectivity index (χ3n) is 2.25. The Kier molecular flexibility index (Phi) is 1.60. The molecular formula is C8H10N2O2. The van der Waals surface area contributed by atoms with Gasteiger partial charge in [-0.2, -0.15) is 0 Å². The molecule has 1 unspecified atom stereocenters. The van der Waals surface area contributed by atoms with E-state index in [0.29, 0.717) is 0 Å². The Hall–Kier alpha value is -1.32. The van der Waals surface area contributed by atoms with Crippen molar-refractivity contribution in [3.63, 3.8) is 0 Å². The molecule has 0 fully saturated rings. The molecule has 0 radical (unpaired) electrons. The number of carbonyl (C=O) groups is 1. The zero-order chi connectivity index (χ0) is 8.55. The standard InChI is InChI=1S/C8H10N2O2/c11-8(12)6-2-1-3-7-9-4-5-10(6)7/h4-6H,1-3H2,(H,11,12). The van der Waals surface area contributed by atoms with E-state index in [2.05, 4.69) is 4.98 Å². The van der Waals surface area contributed by atoms with Gasteiger partial charge in [0.25, 0.3) is 0 Å². The highest BCUT2D eigenvalue weighted by molar-refractivity contribution is 5.72. The van der Waals surface area contributed by atoms with Gasteiger partial charge in [0.2, 0.25) is 0 Å². The van der Waals surface area contributed by atoms with E-state index < -0.39 is 12.0 Å². The average Bonchev–Trinajstić information content (AvgIpc) is 2.49. The number of fused-ring (bicyclic) bond motifs is 1. The zero-order valence-corrected chi connectivity index (χ0v) is 6.60. The molecule has 0 aromatic carbocycles. The van der Waals surface area contributed by atoms with Crippen molar-refractivity contribution in [1.29, 1.82) is 0 Å². The van der Waals surface area contributed by atoms with E-state index in [1.165, 1.54) is 0 Å². The van der Waals surface area contributed by atoms with E-state index in [1.54, 1.807) is 17.0 Å². The van der Waals surface area contributed by atoms with Gasteiger partial charge in [0, 0.05) is 18.8 Å². The minimum absolute atomic E-state index is 0.392. The number of hydrogen-bond acceptors (Lipinski definition) is 2. The lowest BCUT2D eigenvalue weighted by Crippen LogP contribution is -2.24. The van der Waals surface area contributed by atoms with Gasteiger partial charge in [0.05, 0.1) is 0 Å². The van der Waals surface area contributed by atoms with Crippen LogP contribution in [-0.2, 0) is 11.2 Å². The van der Waals surface area contributed by atoms with Crippen LogP contribution in [0.4, 0.5) is 0 Å². The molecule has 0 aliphatic carbocycles. The molecule has 1 atom stereocenters. The van der Waals surface area contributed by atoms with E-state index in [-0.39, 0.29) is 0 Å². The van der Waals surface area contributed by atoms with Crippen LogP contribution in [0.1, 0.15) is 24.7 Å². The molecule has 0 saturated heterocycles. The summed E-state index contributed by atoms with van der Waals surface area (Å²) < 4.78 is 1.76.